The van der Waals surface area contributed by atoms with Crippen LogP contribution >= 0.6 is 0 Å². The van der Waals surface area contributed by atoms with Crippen LogP contribution < -0.4 is 4.72 Å². The fourth-order valence-electron chi connectivity index (χ4n) is 2.27. The fourth-order valence-corrected chi connectivity index (χ4v) is 3.29. The molecule has 0 bridgehead atoms. The molecule has 0 amide bonds. The summed E-state index contributed by atoms with van der Waals surface area (Å²) in [6, 6.07) is 14.3. The molecule has 124 valence electrons. The number of hydrogen-bond donors (Lipinski definition) is 1. The van der Waals surface area contributed by atoms with Crippen molar-refractivity contribution in [2.45, 2.75) is 25.3 Å². The fraction of sp³-hybridized carbons (Fsp3) is 0.167. The summed E-state index contributed by atoms with van der Waals surface area (Å²) < 4.78 is 32.5. The Balaban J connectivity index is 1.73. The lowest BCUT2D eigenvalue weighted by atomic mass is 10.2. The first-order valence-electron chi connectivity index (χ1n) is 7.52. The quantitative estimate of drug-likeness (QED) is 0.771. The highest BCUT2D eigenvalue weighted by Crippen LogP contribution is 2.20. The molecule has 3 rings (SSSR count). The number of oxazole rings is 1. The monoisotopic (exact) mass is 342 g/mol. The van der Waals surface area contributed by atoms with E-state index >= 15 is 0 Å². The minimum atomic E-state index is -3.56. The van der Waals surface area contributed by atoms with Crippen LogP contribution in [-0.4, -0.2) is 13.4 Å². The van der Waals surface area contributed by atoms with Gasteiger partial charge in [-0.3, -0.25) is 0 Å². The Morgan fingerprint density at radius 3 is 2.25 bits per heavy atom. The first kappa shape index (κ1) is 16.4. The van der Waals surface area contributed by atoms with Gasteiger partial charge >= 0.3 is 0 Å². The predicted molar refractivity (Wildman–Crippen MR) is 91.9 cm³/mol. The van der Waals surface area contributed by atoms with Crippen molar-refractivity contribution in [3.63, 3.8) is 0 Å². The number of hydrogen-bond acceptors (Lipinski definition) is 4. The maximum Gasteiger partial charge on any atom is 0.240 e. The molecule has 0 aliphatic carbocycles. The Morgan fingerprint density at radius 2 is 1.67 bits per heavy atom. The van der Waals surface area contributed by atoms with Gasteiger partial charge in [0.1, 0.15) is 12.0 Å². The maximum atomic E-state index is 12.4. The van der Waals surface area contributed by atoms with Gasteiger partial charge in [-0.1, -0.05) is 42.0 Å². The predicted octanol–water partition coefficient (Wildman–Crippen LogP) is 3.44. The molecule has 5 nitrogen and oxygen atoms in total. The Kier molecular flexibility index (Phi) is 4.51. The molecule has 6 heteroatoms. The van der Waals surface area contributed by atoms with Crippen molar-refractivity contribution < 1.29 is 12.8 Å². The number of rotatable bonds is 5. The Morgan fingerprint density at radius 1 is 1.00 bits per heavy atom. The van der Waals surface area contributed by atoms with E-state index in [4.69, 9.17) is 4.42 Å². The maximum absolute atomic E-state index is 12.4. The summed E-state index contributed by atoms with van der Waals surface area (Å²) in [4.78, 5) is 4.45. The molecule has 0 saturated carbocycles. The molecule has 0 saturated heterocycles. The first-order valence-corrected chi connectivity index (χ1v) is 9.00. The van der Waals surface area contributed by atoms with E-state index in [1.807, 2.05) is 31.2 Å². The van der Waals surface area contributed by atoms with Crippen LogP contribution in [0.4, 0.5) is 0 Å². The Hall–Kier alpha value is -2.44. The van der Waals surface area contributed by atoms with Crippen LogP contribution in [-0.2, 0) is 16.6 Å². The molecule has 0 atom stereocenters. The van der Waals surface area contributed by atoms with Crippen LogP contribution in [0.1, 0.15) is 17.0 Å². The Bertz CT molecular complexity index is 927. The van der Waals surface area contributed by atoms with Crippen molar-refractivity contribution >= 4 is 10.0 Å². The van der Waals surface area contributed by atoms with Gasteiger partial charge < -0.3 is 4.42 Å². The third-order valence-electron chi connectivity index (χ3n) is 3.67. The van der Waals surface area contributed by atoms with Gasteiger partial charge in [-0.15, -0.1) is 0 Å². The third-order valence-corrected chi connectivity index (χ3v) is 5.08. The average molecular weight is 342 g/mol. The van der Waals surface area contributed by atoms with Crippen LogP contribution in [0.3, 0.4) is 0 Å². The van der Waals surface area contributed by atoms with Crippen LogP contribution in [0.15, 0.2) is 64.1 Å². The van der Waals surface area contributed by atoms with Crippen LogP contribution in [0.2, 0.25) is 0 Å². The molecule has 1 N–H and O–H groups in total. The highest BCUT2D eigenvalue weighted by Gasteiger charge is 2.14. The summed E-state index contributed by atoms with van der Waals surface area (Å²) in [5.41, 5.74) is 3.55. The minimum Gasteiger partial charge on any atom is -0.449 e. The number of nitrogens with one attached hydrogen (secondary N) is 1. The van der Waals surface area contributed by atoms with Crippen LogP contribution in [0.5, 0.6) is 0 Å². The van der Waals surface area contributed by atoms with Gasteiger partial charge in [0.15, 0.2) is 5.89 Å². The normalized spacial score (nSPS) is 11.6. The first-order chi connectivity index (χ1) is 11.4. The number of nitrogens with zero attached hydrogens (tertiary/aromatic N) is 1. The van der Waals surface area contributed by atoms with E-state index in [2.05, 4.69) is 9.71 Å². The smallest absolute Gasteiger partial charge is 0.240 e. The molecule has 0 aliphatic rings. The van der Waals surface area contributed by atoms with Crippen molar-refractivity contribution in [3.8, 4) is 11.3 Å². The van der Waals surface area contributed by atoms with Crippen molar-refractivity contribution in [2.24, 2.45) is 0 Å². The zero-order chi connectivity index (χ0) is 17.2. The van der Waals surface area contributed by atoms with Gasteiger partial charge in [0.05, 0.1) is 4.90 Å². The molecule has 2 aromatic carbocycles. The summed E-state index contributed by atoms with van der Waals surface area (Å²) in [5.74, 6) is 0.571. The van der Waals surface area contributed by atoms with Crippen molar-refractivity contribution in [3.05, 3.63) is 71.8 Å². The SMILES string of the molecule is Cc1ccc(CNS(=O)(=O)c2ccc(-c3coc(C)n3)cc2)cc1. The lowest BCUT2D eigenvalue weighted by Crippen LogP contribution is -2.23. The van der Waals surface area contributed by atoms with E-state index in [1.54, 1.807) is 37.5 Å². The second-order valence-electron chi connectivity index (χ2n) is 5.59. The summed E-state index contributed by atoms with van der Waals surface area (Å²) >= 11 is 0. The van der Waals surface area contributed by atoms with Gasteiger partial charge in [-0.05, 0) is 24.6 Å². The number of aryl methyl sites for hydroxylation is 2. The van der Waals surface area contributed by atoms with E-state index in [0.717, 1.165) is 16.7 Å². The van der Waals surface area contributed by atoms with E-state index < -0.39 is 10.0 Å². The standard InChI is InChI=1S/C18H18N2O3S/c1-13-3-5-15(6-4-13)11-19-24(21,22)17-9-7-16(8-10-17)18-12-23-14(2)20-18/h3-10,12,19H,11H2,1-2H3. The molecule has 0 unspecified atom stereocenters. The molecule has 3 aromatic rings. The molecular formula is C18H18N2O3S. The van der Waals surface area contributed by atoms with Gasteiger partial charge in [-0.25, -0.2) is 18.1 Å². The second kappa shape index (κ2) is 6.59. The molecule has 1 heterocycles. The van der Waals surface area contributed by atoms with Gasteiger partial charge in [0.2, 0.25) is 10.0 Å². The van der Waals surface area contributed by atoms with E-state index in [9.17, 15) is 8.42 Å². The van der Waals surface area contributed by atoms with Gasteiger partial charge in [-0.2, -0.15) is 0 Å². The second-order valence-corrected chi connectivity index (χ2v) is 7.35. The van der Waals surface area contributed by atoms with Crippen molar-refractivity contribution in [1.82, 2.24) is 9.71 Å². The highest BCUT2D eigenvalue weighted by molar-refractivity contribution is 7.89. The zero-order valence-corrected chi connectivity index (χ0v) is 14.3. The average Bonchev–Trinajstić information content (AvgIpc) is 3.01. The van der Waals surface area contributed by atoms with Gasteiger partial charge in [0, 0.05) is 19.0 Å². The third kappa shape index (κ3) is 3.72. The molecular weight excluding hydrogens is 324 g/mol. The summed E-state index contributed by atoms with van der Waals surface area (Å²) in [6.45, 7) is 4.01. The number of sulfonamides is 1. The lowest BCUT2D eigenvalue weighted by Gasteiger charge is -2.08. The number of aromatic nitrogens is 1. The van der Waals surface area contributed by atoms with Crippen LogP contribution in [0.25, 0.3) is 11.3 Å². The highest BCUT2D eigenvalue weighted by atomic mass is 32.2. The van der Waals surface area contributed by atoms with Gasteiger partial charge in [0.25, 0.3) is 0 Å². The molecule has 0 spiro atoms. The summed E-state index contributed by atoms with van der Waals surface area (Å²) in [6.07, 6.45) is 1.55. The lowest BCUT2D eigenvalue weighted by molar-refractivity contribution is 0.521. The largest absolute Gasteiger partial charge is 0.449 e. The summed E-state index contributed by atoms with van der Waals surface area (Å²) in [7, 11) is -3.56. The molecule has 0 aliphatic heterocycles. The molecule has 24 heavy (non-hydrogen) atoms. The van der Waals surface area contributed by atoms with E-state index in [0.29, 0.717) is 11.6 Å². The minimum absolute atomic E-state index is 0.221. The van der Waals surface area contributed by atoms with Crippen molar-refractivity contribution in [2.75, 3.05) is 0 Å². The van der Waals surface area contributed by atoms with E-state index in [-0.39, 0.29) is 11.4 Å². The van der Waals surface area contributed by atoms with E-state index in [1.165, 1.54) is 0 Å². The molecule has 0 radical (unpaired) electrons. The topological polar surface area (TPSA) is 72.2 Å². The van der Waals surface area contributed by atoms with Crippen molar-refractivity contribution in [1.29, 1.82) is 0 Å². The Labute approximate surface area is 141 Å². The molecule has 1 aromatic heterocycles. The zero-order valence-electron chi connectivity index (χ0n) is 13.5. The summed E-state index contributed by atoms with van der Waals surface area (Å²) in [5, 5.41) is 0. The molecule has 0 fully saturated rings. The number of benzene rings is 2. The van der Waals surface area contributed by atoms with Crippen LogP contribution in [0, 0.1) is 13.8 Å².